The number of hydrogen-bond donors (Lipinski definition) is 0. The number of rotatable bonds is 18. The van der Waals surface area contributed by atoms with Crippen LogP contribution in [0, 0.1) is 0 Å². The largest absolute Gasteiger partial charge is 0.412 e. The van der Waals surface area contributed by atoms with Crippen molar-refractivity contribution in [2.75, 3.05) is 24.7 Å². The van der Waals surface area contributed by atoms with Gasteiger partial charge in [-0.25, -0.2) is 0 Å². The molecule has 2 aromatic rings. The summed E-state index contributed by atoms with van der Waals surface area (Å²) in [5.41, 5.74) is -0.955. The van der Waals surface area contributed by atoms with E-state index in [1.807, 2.05) is 23.5 Å². The van der Waals surface area contributed by atoms with Gasteiger partial charge in [-0.3, -0.25) is 0 Å². The minimum Gasteiger partial charge on any atom is -0.412 e. The van der Waals surface area contributed by atoms with E-state index >= 15 is 0 Å². The Morgan fingerprint density at radius 2 is 1.34 bits per heavy atom. The highest BCUT2D eigenvalue weighted by atomic mass is 32.2. The minimum atomic E-state index is -2.68. The highest BCUT2D eigenvalue weighted by molar-refractivity contribution is 8.18. The molecule has 0 aliphatic carbocycles. The van der Waals surface area contributed by atoms with E-state index in [1.54, 1.807) is 0 Å². The van der Waals surface area contributed by atoms with Crippen LogP contribution in [-0.4, -0.2) is 131 Å². The summed E-state index contributed by atoms with van der Waals surface area (Å²) in [4.78, 5) is 0. The average molecular weight is 1140 g/mol. The van der Waals surface area contributed by atoms with Crippen molar-refractivity contribution in [2.24, 2.45) is 0 Å². The number of fused-ring (bicyclic) bond motifs is 4. The molecule has 13 atom stereocenters. The molecule has 0 saturated carbocycles. The fourth-order valence-electron chi connectivity index (χ4n) is 13.4. The quantitative estimate of drug-likeness (QED) is 0.0619. The van der Waals surface area contributed by atoms with Crippen LogP contribution in [0.4, 0.5) is 0 Å². The van der Waals surface area contributed by atoms with Crippen LogP contribution in [0.2, 0.25) is 42.8 Å². The standard InChI is InChI=1S/C62H100O9S2Si3/c1-19-72-62(73-20-2)42-49-48(66-50(62)34-27-36-58(10)55(69-74(14,15)16)43-59(11)51(68-58)41-52-60(12,71-59)44(3)35-38-63-52)40-53-61(13,67-49)54(70-75(17,18)56(4,5)6)39-45(65-53)29-28-37-64-76(57(7,8)9,46-30-23-21-24-31-46)47-32-25-22-26-33-47/h21-27,30-35,45,48-55H,19-20,28-29,36-43H2,1-18H3/b34-27-/t45-,48+,49-,50-,51-,52+,53-,54+,55-,58+,59+,60-,61-/m1/s1. The first-order valence-electron chi connectivity index (χ1n) is 29.2. The molecule has 426 valence electrons. The zero-order valence-corrected chi connectivity index (χ0v) is 54.8. The molecule has 0 bridgehead atoms. The van der Waals surface area contributed by atoms with Crippen molar-refractivity contribution >= 4 is 58.8 Å². The predicted octanol–water partition coefficient (Wildman–Crippen LogP) is 13.8. The Hall–Kier alpha value is -1.09. The summed E-state index contributed by atoms with van der Waals surface area (Å²) in [6.45, 7) is 42.8. The summed E-state index contributed by atoms with van der Waals surface area (Å²) in [5.74, 6) is 1.95. The Labute approximate surface area is 472 Å². The van der Waals surface area contributed by atoms with Crippen molar-refractivity contribution in [3.63, 3.8) is 0 Å². The maximum absolute atomic E-state index is 7.61. The summed E-state index contributed by atoms with van der Waals surface area (Å²) in [6, 6.07) is 22.0. The Morgan fingerprint density at radius 3 is 1.92 bits per heavy atom. The summed E-state index contributed by atoms with van der Waals surface area (Å²) in [6.07, 6.45) is 12.3. The molecule has 9 nitrogen and oxygen atoms in total. The maximum Gasteiger partial charge on any atom is 0.261 e. The third-order valence-corrected chi connectivity index (χ3v) is 32.3. The van der Waals surface area contributed by atoms with E-state index in [9.17, 15) is 0 Å². The van der Waals surface area contributed by atoms with E-state index in [2.05, 4.69) is 202 Å². The molecular weight excluding hydrogens is 1040 g/mol. The van der Waals surface area contributed by atoms with Crippen LogP contribution in [0.1, 0.15) is 141 Å². The fraction of sp³-hybridized carbons (Fsp3) is 0.742. The van der Waals surface area contributed by atoms with Crippen molar-refractivity contribution < 1.29 is 41.7 Å². The first-order chi connectivity index (χ1) is 35.5. The van der Waals surface area contributed by atoms with Crippen molar-refractivity contribution in [2.45, 2.75) is 266 Å². The van der Waals surface area contributed by atoms with Crippen molar-refractivity contribution in [3.05, 3.63) is 84.5 Å². The highest BCUT2D eigenvalue weighted by Crippen LogP contribution is 2.56. The van der Waals surface area contributed by atoms with Gasteiger partial charge in [0, 0.05) is 38.7 Å². The number of benzene rings is 2. The maximum atomic E-state index is 7.61. The normalized spacial score (nSPS) is 36.2. The number of hydrogen-bond acceptors (Lipinski definition) is 11. The molecule has 6 heterocycles. The SMILES string of the molecule is CCSC1(SCC)C[C@H]2O[C@@]3(C)[C@@H](O[Si](C)(C)C(C)(C)C)C[C@@H](CCCO[Si](c4ccccc4)(c4ccccc4)C(C)(C)C)O[C@@H]3C[C@@H]2O[C@@H]1/C=C\C[C@]1(C)O[C@@H]2C[C@@H]3OCC=C(C)[C@@]3(C)O[C@@]2(C)C[C@H]1O[Si](C)(C)C. The molecule has 2 aromatic carbocycles. The lowest BCUT2D eigenvalue weighted by molar-refractivity contribution is -0.328. The molecule has 5 saturated heterocycles. The van der Waals surface area contributed by atoms with Crippen LogP contribution < -0.4 is 10.4 Å². The van der Waals surface area contributed by atoms with Crippen LogP contribution in [0.5, 0.6) is 0 Å². The van der Waals surface area contributed by atoms with E-state index in [0.29, 0.717) is 19.6 Å². The Balaban J connectivity index is 1.03. The van der Waals surface area contributed by atoms with Crippen molar-refractivity contribution in [3.8, 4) is 0 Å². The molecule has 0 aromatic heterocycles. The number of ether oxygens (including phenoxy) is 6. The molecule has 14 heteroatoms. The van der Waals surface area contributed by atoms with Gasteiger partial charge in [0.1, 0.15) is 11.2 Å². The predicted molar refractivity (Wildman–Crippen MR) is 324 cm³/mol. The molecule has 6 aliphatic heterocycles. The lowest BCUT2D eigenvalue weighted by Crippen LogP contribution is -2.70. The van der Waals surface area contributed by atoms with E-state index in [0.717, 1.165) is 56.5 Å². The topological polar surface area (TPSA) is 83.1 Å². The molecule has 0 amide bonds. The first kappa shape index (κ1) is 61.0. The summed E-state index contributed by atoms with van der Waals surface area (Å²) in [5, 5.41) is 2.57. The van der Waals surface area contributed by atoms with Crippen LogP contribution in [0.3, 0.4) is 0 Å². The van der Waals surface area contributed by atoms with Gasteiger partial charge < -0.3 is 41.7 Å². The van der Waals surface area contributed by atoms with Gasteiger partial charge in [0.15, 0.2) is 16.6 Å². The number of thioether (sulfide) groups is 2. The molecule has 0 spiro atoms. The lowest BCUT2D eigenvalue weighted by Gasteiger charge is -2.61. The smallest absolute Gasteiger partial charge is 0.261 e. The minimum absolute atomic E-state index is 0.00157. The lowest BCUT2D eigenvalue weighted by atomic mass is 9.72. The highest BCUT2D eigenvalue weighted by Gasteiger charge is 2.63. The zero-order valence-electron chi connectivity index (χ0n) is 50.2. The average Bonchev–Trinajstić information content (AvgIpc) is 3.41. The van der Waals surface area contributed by atoms with Gasteiger partial charge in [0.25, 0.3) is 8.32 Å². The Kier molecular flexibility index (Phi) is 18.4. The van der Waals surface area contributed by atoms with Crippen molar-refractivity contribution in [1.82, 2.24) is 0 Å². The first-order valence-corrected chi connectivity index (χ1v) is 39.4. The van der Waals surface area contributed by atoms with E-state index < -0.39 is 47.4 Å². The monoisotopic (exact) mass is 1140 g/mol. The van der Waals surface area contributed by atoms with Crippen LogP contribution in [-0.2, 0) is 41.7 Å². The zero-order chi connectivity index (χ0) is 55.4. The summed E-state index contributed by atoms with van der Waals surface area (Å²) in [7, 11) is -6.90. The van der Waals surface area contributed by atoms with E-state index in [-0.39, 0.29) is 69.1 Å². The van der Waals surface area contributed by atoms with Gasteiger partial charge in [-0.15, -0.1) is 23.5 Å². The van der Waals surface area contributed by atoms with E-state index in [1.165, 1.54) is 15.9 Å². The van der Waals surface area contributed by atoms with Crippen LogP contribution in [0.25, 0.3) is 0 Å². The summed E-state index contributed by atoms with van der Waals surface area (Å²) >= 11 is 4.03. The molecule has 6 aliphatic rings. The third kappa shape index (κ3) is 12.2. The third-order valence-electron chi connectivity index (χ3n) is 18.7. The molecule has 8 rings (SSSR count). The second-order valence-electron chi connectivity index (χ2n) is 27.5. The molecule has 5 fully saturated rings. The van der Waals surface area contributed by atoms with Gasteiger partial charge in [-0.05, 0) is 124 Å². The Morgan fingerprint density at radius 1 is 0.711 bits per heavy atom. The molecule has 76 heavy (non-hydrogen) atoms. The van der Waals surface area contributed by atoms with Gasteiger partial charge in [-0.2, -0.15) is 0 Å². The van der Waals surface area contributed by atoms with Crippen LogP contribution >= 0.6 is 23.5 Å². The van der Waals surface area contributed by atoms with Gasteiger partial charge >= 0.3 is 0 Å². The molecule has 0 unspecified atom stereocenters. The molecule has 0 N–H and O–H groups in total. The van der Waals surface area contributed by atoms with Gasteiger partial charge in [0.05, 0.1) is 76.8 Å². The summed E-state index contributed by atoms with van der Waals surface area (Å²) < 4.78 is 65.2. The molecular formula is C62H100O9S2Si3. The molecule has 0 radical (unpaired) electrons. The second-order valence-corrected chi connectivity index (χ2v) is 44.5. The second kappa shape index (κ2) is 22.9. The fourth-order valence-corrected chi connectivity index (χ4v) is 23.7. The van der Waals surface area contributed by atoms with Gasteiger partial charge in [-0.1, -0.05) is 134 Å². The van der Waals surface area contributed by atoms with Crippen molar-refractivity contribution in [1.29, 1.82) is 0 Å². The van der Waals surface area contributed by atoms with Gasteiger partial charge in [0.2, 0.25) is 0 Å². The Bertz CT molecular complexity index is 2270. The van der Waals surface area contributed by atoms with Crippen LogP contribution in [0.15, 0.2) is 84.5 Å². The van der Waals surface area contributed by atoms with E-state index in [4.69, 9.17) is 41.7 Å².